The Morgan fingerprint density at radius 3 is 2.42 bits per heavy atom. The van der Waals surface area contributed by atoms with Crippen LogP contribution in [0.15, 0.2) is 36.5 Å². The van der Waals surface area contributed by atoms with Gasteiger partial charge in [0.2, 0.25) is 5.91 Å². The van der Waals surface area contributed by atoms with Gasteiger partial charge in [-0.3, -0.25) is 19.3 Å². The normalized spacial score (nSPS) is 22.8. The Morgan fingerprint density at radius 1 is 1.09 bits per heavy atom. The monoisotopic (exact) mass is 454 g/mol. The summed E-state index contributed by atoms with van der Waals surface area (Å²) < 4.78 is 0. The van der Waals surface area contributed by atoms with Crippen LogP contribution in [0.4, 0.5) is 5.69 Å². The highest BCUT2D eigenvalue weighted by Gasteiger charge is 2.34. The Bertz CT molecular complexity index is 1070. The second kappa shape index (κ2) is 9.76. The SMILES string of the molecule is CCN1CCN([C@H](C(=O)O)c2c[nH]c3cc(NC(=O)[C@H]4CC=CC[C@@H]4C(=O)O)ccc23)CC1. The molecule has 9 nitrogen and oxygen atoms in total. The molecular formula is C24H30N4O5. The van der Waals surface area contributed by atoms with Gasteiger partial charge in [-0.15, -0.1) is 0 Å². The van der Waals surface area contributed by atoms with E-state index in [0.29, 0.717) is 37.2 Å². The molecule has 1 aromatic heterocycles. The van der Waals surface area contributed by atoms with Crippen LogP contribution in [-0.2, 0) is 14.4 Å². The fourth-order valence-electron chi connectivity index (χ4n) is 4.89. The number of aromatic amines is 1. The lowest BCUT2D eigenvalue weighted by molar-refractivity contribution is -0.146. The van der Waals surface area contributed by atoms with Crippen molar-refractivity contribution in [2.45, 2.75) is 25.8 Å². The molecule has 33 heavy (non-hydrogen) atoms. The molecule has 2 aliphatic rings. The van der Waals surface area contributed by atoms with Gasteiger partial charge in [-0.05, 0) is 31.5 Å². The van der Waals surface area contributed by atoms with Crippen molar-refractivity contribution in [1.82, 2.24) is 14.8 Å². The average Bonchev–Trinajstić information content (AvgIpc) is 3.22. The quantitative estimate of drug-likeness (QED) is 0.474. The van der Waals surface area contributed by atoms with E-state index >= 15 is 0 Å². The fourth-order valence-corrected chi connectivity index (χ4v) is 4.89. The number of amides is 1. The van der Waals surface area contributed by atoms with E-state index in [-0.39, 0.29) is 5.91 Å². The molecule has 1 amide bonds. The van der Waals surface area contributed by atoms with Gasteiger partial charge in [-0.1, -0.05) is 25.1 Å². The predicted molar refractivity (Wildman–Crippen MR) is 124 cm³/mol. The van der Waals surface area contributed by atoms with Crippen LogP contribution in [0.5, 0.6) is 0 Å². The van der Waals surface area contributed by atoms with E-state index in [1.165, 1.54) is 0 Å². The third-order valence-electron chi connectivity index (χ3n) is 6.82. The number of rotatable bonds is 7. The molecule has 4 rings (SSSR count). The summed E-state index contributed by atoms with van der Waals surface area (Å²) in [6.45, 7) is 6.11. The van der Waals surface area contributed by atoms with Gasteiger partial charge in [0.1, 0.15) is 6.04 Å². The van der Waals surface area contributed by atoms with Gasteiger partial charge in [0.05, 0.1) is 11.8 Å². The number of aromatic nitrogens is 1. The number of allylic oxidation sites excluding steroid dienone is 2. The first-order chi connectivity index (χ1) is 15.9. The van der Waals surface area contributed by atoms with Gasteiger partial charge in [0.25, 0.3) is 0 Å². The van der Waals surface area contributed by atoms with Crippen LogP contribution in [0.25, 0.3) is 10.9 Å². The minimum absolute atomic E-state index is 0.324. The third-order valence-corrected chi connectivity index (χ3v) is 6.82. The Morgan fingerprint density at radius 2 is 1.79 bits per heavy atom. The second-order valence-corrected chi connectivity index (χ2v) is 8.70. The predicted octanol–water partition coefficient (Wildman–Crippen LogP) is 2.54. The molecule has 0 spiro atoms. The number of anilines is 1. The van der Waals surface area contributed by atoms with Crippen LogP contribution in [0.1, 0.15) is 31.4 Å². The van der Waals surface area contributed by atoms with E-state index in [9.17, 15) is 24.6 Å². The topological polar surface area (TPSA) is 126 Å². The minimum atomic E-state index is -0.969. The highest BCUT2D eigenvalue weighted by molar-refractivity contribution is 5.98. The van der Waals surface area contributed by atoms with E-state index in [1.807, 2.05) is 17.0 Å². The Hall–Kier alpha value is -3.17. The third kappa shape index (κ3) is 4.79. The lowest BCUT2D eigenvalue weighted by Crippen LogP contribution is -2.49. The van der Waals surface area contributed by atoms with Crippen molar-refractivity contribution in [3.63, 3.8) is 0 Å². The van der Waals surface area contributed by atoms with Crippen molar-refractivity contribution >= 4 is 34.4 Å². The molecule has 9 heteroatoms. The maximum atomic E-state index is 12.8. The molecule has 3 atom stereocenters. The molecule has 2 heterocycles. The number of likely N-dealkylation sites (N-methyl/N-ethyl adjacent to an activating group) is 1. The summed E-state index contributed by atoms with van der Waals surface area (Å²) in [7, 11) is 0. The molecule has 1 aliphatic carbocycles. The molecule has 1 aromatic carbocycles. The molecule has 176 valence electrons. The molecule has 2 aromatic rings. The number of fused-ring (bicyclic) bond motifs is 1. The number of benzene rings is 1. The summed E-state index contributed by atoms with van der Waals surface area (Å²) >= 11 is 0. The summed E-state index contributed by atoms with van der Waals surface area (Å²) in [4.78, 5) is 43.9. The zero-order chi connectivity index (χ0) is 23.5. The Balaban J connectivity index is 1.53. The first-order valence-corrected chi connectivity index (χ1v) is 11.4. The van der Waals surface area contributed by atoms with Gasteiger partial charge >= 0.3 is 11.9 Å². The van der Waals surface area contributed by atoms with Crippen LogP contribution < -0.4 is 5.32 Å². The lowest BCUT2D eigenvalue weighted by atomic mass is 9.82. The number of nitrogens with one attached hydrogen (secondary N) is 2. The maximum absolute atomic E-state index is 12.8. The molecule has 0 unspecified atom stereocenters. The van der Waals surface area contributed by atoms with Gasteiger partial charge < -0.3 is 25.4 Å². The number of hydrogen-bond donors (Lipinski definition) is 4. The van der Waals surface area contributed by atoms with Crippen molar-refractivity contribution in [3.05, 3.63) is 42.1 Å². The van der Waals surface area contributed by atoms with Crippen molar-refractivity contribution in [2.75, 3.05) is 38.0 Å². The Labute approximate surface area is 192 Å². The average molecular weight is 455 g/mol. The van der Waals surface area contributed by atoms with Gasteiger partial charge in [-0.25, -0.2) is 0 Å². The largest absolute Gasteiger partial charge is 0.481 e. The van der Waals surface area contributed by atoms with Gasteiger partial charge in [0.15, 0.2) is 0 Å². The van der Waals surface area contributed by atoms with Crippen LogP contribution >= 0.6 is 0 Å². The number of H-pyrrole nitrogens is 1. The van der Waals surface area contributed by atoms with Crippen LogP contribution in [0.2, 0.25) is 0 Å². The molecule has 1 aliphatic heterocycles. The van der Waals surface area contributed by atoms with Crippen molar-refractivity contribution in [2.24, 2.45) is 11.8 Å². The number of carbonyl (C=O) groups excluding carboxylic acids is 1. The number of aliphatic carboxylic acids is 2. The van der Waals surface area contributed by atoms with E-state index in [1.54, 1.807) is 24.4 Å². The number of nitrogens with zero attached hydrogens (tertiary/aromatic N) is 2. The lowest BCUT2D eigenvalue weighted by Gasteiger charge is -2.37. The second-order valence-electron chi connectivity index (χ2n) is 8.70. The summed E-state index contributed by atoms with van der Waals surface area (Å²) in [6.07, 6.45) is 6.11. The van der Waals surface area contributed by atoms with E-state index in [2.05, 4.69) is 22.1 Å². The molecule has 0 bridgehead atoms. The van der Waals surface area contributed by atoms with Gasteiger partial charge in [-0.2, -0.15) is 0 Å². The van der Waals surface area contributed by atoms with Crippen molar-refractivity contribution < 1.29 is 24.6 Å². The molecule has 0 saturated carbocycles. The van der Waals surface area contributed by atoms with Crippen molar-refractivity contribution in [3.8, 4) is 0 Å². The van der Waals surface area contributed by atoms with Crippen LogP contribution in [-0.4, -0.2) is 75.6 Å². The highest BCUT2D eigenvalue weighted by Crippen LogP contribution is 2.32. The number of hydrogen-bond acceptors (Lipinski definition) is 5. The zero-order valence-electron chi connectivity index (χ0n) is 18.7. The molecule has 4 N–H and O–H groups in total. The zero-order valence-corrected chi connectivity index (χ0v) is 18.7. The summed E-state index contributed by atoms with van der Waals surface area (Å²) in [5.41, 5.74) is 1.96. The number of piperazine rings is 1. The number of carboxylic acid groups (broad SMARTS) is 2. The van der Waals surface area contributed by atoms with Crippen LogP contribution in [0, 0.1) is 11.8 Å². The number of carbonyl (C=O) groups is 3. The first kappa shape index (κ1) is 23.0. The van der Waals surface area contributed by atoms with E-state index < -0.39 is 29.8 Å². The molecule has 1 fully saturated rings. The molecule has 0 radical (unpaired) electrons. The van der Waals surface area contributed by atoms with Crippen LogP contribution in [0.3, 0.4) is 0 Å². The highest BCUT2D eigenvalue weighted by atomic mass is 16.4. The fraction of sp³-hybridized carbons (Fsp3) is 0.458. The maximum Gasteiger partial charge on any atom is 0.325 e. The smallest absolute Gasteiger partial charge is 0.325 e. The van der Waals surface area contributed by atoms with Gasteiger partial charge in [0, 0.05) is 54.5 Å². The molecule has 1 saturated heterocycles. The molecular weight excluding hydrogens is 424 g/mol. The van der Waals surface area contributed by atoms with E-state index in [0.717, 1.165) is 30.5 Å². The summed E-state index contributed by atoms with van der Waals surface area (Å²) in [5.74, 6) is -3.54. The summed E-state index contributed by atoms with van der Waals surface area (Å²) in [6, 6.07) is 4.56. The van der Waals surface area contributed by atoms with Crippen molar-refractivity contribution in [1.29, 1.82) is 0 Å². The Kier molecular flexibility index (Phi) is 6.80. The standard InChI is InChI=1S/C24H30N4O5/c1-2-27-9-11-28(12-10-27)21(24(32)33)19-14-25-20-13-15(7-8-16(19)20)26-22(29)17-5-3-4-6-18(17)23(30)31/h3-4,7-8,13-14,17-18,21,25H,2,5-6,9-12H2,1H3,(H,26,29)(H,30,31)(H,32,33)/t17-,18-,21-/m0/s1. The minimum Gasteiger partial charge on any atom is -0.481 e. The summed E-state index contributed by atoms with van der Waals surface area (Å²) in [5, 5.41) is 23.0. The first-order valence-electron chi connectivity index (χ1n) is 11.4. The number of carboxylic acids is 2. The van der Waals surface area contributed by atoms with E-state index in [4.69, 9.17) is 0 Å².